The van der Waals surface area contributed by atoms with Crippen LogP contribution in [0.1, 0.15) is 12.5 Å². The Hall–Kier alpha value is -3.39. The van der Waals surface area contributed by atoms with E-state index in [0.29, 0.717) is 17.4 Å². The topological polar surface area (TPSA) is 90.0 Å². The molecule has 0 saturated carbocycles. The highest BCUT2D eigenvalue weighted by atomic mass is 16.2. The summed E-state index contributed by atoms with van der Waals surface area (Å²) in [6.07, 6.45) is 3.84. The normalized spacial score (nSPS) is 15.3. The lowest BCUT2D eigenvalue weighted by Gasteiger charge is -2.36. The molecule has 5 rings (SSSR count). The molecule has 0 unspecified atom stereocenters. The van der Waals surface area contributed by atoms with Crippen LogP contribution >= 0.6 is 0 Å². The van der Waals surface area contributed by atoms with Gasteiger partial charge in [-0.3, -0.25) is 14.3 Å². The number of anilines is 1. The van der Waals surface area contributed by atoms with Gasteiger partial charge in [-0.15, -0.1) is 0 Å². The van der Waals surface area contributed by atoms with Crippen molar-refractivity contribution >= 4 is 27.6 Å². The summed E-state index contributed by atoms with van der Waals surface area (Å²) in [5.74, 6) is 0. The quantitative estimate of drug-likeness (QED) is 0.542. The first-order valence-corrected chi connectivity index (χ1v) is 10.3. The number of hydrogen-bond acceptors (Lipinski definition) is 5. The van der Waals surface area contributed by atoms with Gasteiger partial charge in [0.05, 0.1) is 22.8 Å². The number of H-pyrrole nitrogens is 2. The number of aromatic amines is 2. The van der Waals surface area contributed by atoms with Gasteiger partial charge in [0.15, 0.2) is 0 Å². The second-order valence-corrected chi connectivity index (χ2v) is 7.73. The molecule has 1 aliphatic heterocycles. The van der Waals surface area contributed by atoms with E-state index in [1.165, 1.54) is 4.57 Å². The van der Waals surface area contributed by atoms with Gasteiger partial charge in [0.1, 0.15) is 5.65 Å². The molecule has 0 bridgehead atoms. The maximum Gasteiger partial charge on any atom is 0.328 e. The maximum atomic E-state index is 12.4. The Kier molecular flexibility index (Phi) is 4.63. The summed E-state index contributed by atoms with van der Waals surface area (Å²) >= 11 is 0. The highest BCUT2D eigenvalue weighted by Crippen LogP contribution is 2.21. The van der Waals surface area contributed by atoms with E-state index in [9.17, 15) is 9.59 Å². The Morgan fingerprint density at radius 1 is 1.07 bits per heavy atom. The van der Waals surface area contributed by atoms with Gasteiger partial charge in [-0.1, -0.05) is 6.07 Å². The van der Waals surface area contributed by atoms with Gasteiger partial charge in [-0.05, 0) is 36.8 Å². The molecule has 0 atom stereocenters. The van der Waals surface area contributed by atoms with Gasteiger partial charge in [-0.25, -0.2) is 9.78 Å². The summed E-state index contributed by atoms with van der Waals surface area (Å²) in [4.78, 5) is 39.8. The van der Waals surface area contributed by atoms with Crippen LogP contribution in [0.25, 0.3) is 21.9 Å². The Morgan fingerprint density at radius 3 is 2.70 bits per heavy atom. The minimum atomic E-state index is -0.353. The van der Waals surface area contributed by atoms with Crippen LogP contribution in [0.3, 0.4) is 0 Å². The first-order valence-electron chi connectivity index (χ1n) is 10.3. The molecule has 4 heterocycles. The Morgan fingerprint density at radius 2 is 1.90 bits per heavy atom. The highest BCUT2D eigenvalue weighted by Gasteiger charge is 2.18. The monoisotopic (exact) mass is 404 g/mol. The van der Waals surface area contributed by atoms with E-state index in [1.807, 2.05) is 36.7 Å². The predicted molar refractivity (Wildman–Crippen MR) is 118 cm³/mol. The molecule has 0 spiro atoms. The van der Waals surface area contributed by atoms with Gasteiger partial charge in [0, 0.05) is 50.9 Å². The van der Waals surface area contributed by atoms with Crippen molar-refractivity contribution in [3.05, 3.63) is 69.1 Å². The molecular weight excluding hydrogens is 380 g/mol. The molecule has 0 amide bonds. The first kappa shape index (κ1) is 18.6. The number of piperazine rings is 1. The molecule has 30 heavy (non-hydrogen) atoms. The van der Waals surface area contributed by atoms with Crippen LogP contribution in [0.4, 0.5) is 5.69 Å². The largest absolute Gasteiger partial charge is 0.368 e. The highest BCUT2D eigenvalue weighted by molar-refractivity contribution is 5.79. The summed E-state index contributed by atoms with van der Waals surface area (Å²) in [6.45, 7) is 6.70. The fraction of sp³-hybridized carbons (Fsp3) is 0.318. The molecule has 0 radical (unpaired) electrons. The first-order chi connectivity index (χ1) is 14.6. The number of nitrogens with one attached hydrogen (secondary N) is 2. The molecular formula is C22H24N6O2. The molecule has 8 nitrogen and oxygen atoms in total. The van der Waals surface area contributed by atoms with E-state index in [4.69, 9.17) is 0 Å². The van der Waals surface area contributed by atoms with E-state index in [-0.39, 0.29) is 11.2 Å². The lowest BCUT2D eigenvalue weighted by molar-refractivity contribution is 0.250. The average Bonchev–Trinajstić information content (AvgIpc) is 3.22. The Balaban J connectivity index is 1.29. The van der Waals surface area contributed by atoms with Crippen molar-refractivity contribution in [1.82, 2.24) is 24.4 Å². The fourth-order valence-corrected chi connectivity index (χ4v) is 4.21. The molecule has 1 aliphatic rings. The maximum absolute atomic E-state index is 12.4. The van der Waals surface area contributed by atoms with Crippen molar-refractivity contribution in [2.24, 2.45) is 0 Å². The minimum Gasteiger partial charge on any atom is -0.368 e. The third-order valence-electron chi connectivity index (χ3n) is 5.89. The van der Waals surface area contributed by atoms with Gasteiger partial charge < -0.3 is 14.9 Å². The molecule has 1 saturated heterocycles. The molecule has 3 aromatic heterocycles. The lowest BCUT2D eigenvalue weighted by Crippen LogP contribution is -2.46. The van der Waals surface area contributed by atoms with E-state index < -0.39 is 0 Å². The zero-order chi connectivity index (χ0) is 20.7. The third-order valence-corrected chi connectivity index (χ3v) is 5.89. The summed E-state index contributed by atoms with van der Waals surface area (Å²) in [6, 6.07) is 9.95. The van der Waals surface area contributed by atoms with Crippen molar-refractivity contribution in [1.29, 1.82) is 0 Å². The molecule has 154 valence electrons. The number of aromatic nitrogens is 4. The van der Waals surface area contributed by atoms with Gasteiger partial charge in [0.25, 0.3) is 5.56 Å². The predicted octanol–water partition coefficient (Wildman–Crippen LogP) is 1.91. The van der Waals surface area contributed by atoms with Crippen LogP contribution in [-0.4, -0.2) is 50.6 Å². The third kappa shape index (κ3) is 3.29. The van der Waals surface area contributed by atoms with Crippen LogP contribution in [0, 0.1) is 0 Å². The fourth-order valence-electron chi connectivity index (χ4n) is 4.21. The standard InChI is InChI=1S/C22H24N6O2/c1-2-28-21(29)18-4-3-15(11-19(18)25-22(28)30)14-26-7-9-27(10-8-26)17-12-16-5-6-23-20(16)24-13-17/h3-6,11-13H,2,7-10,14H2,1H3,(H,23,24)(H,25,30). The van der Waals surface area contributed by atoms with Gasteiger partial charge >= 0.3 is 5.69 Å². The molecule has 8 heteroatoms. The second-order valence-electron chi connectivity index (χ2n) is 7.73. The summed E-state index contributed by atoms with van der Waals surface area (Å²) in [5, 5.41) is 1.68. The number of hydrogen-bond donors (Lipinski definition) is 2. The van der Waals surface area contributed by atoms with Crippen molar-refractivity contribution in [2.75, 3.05) is 31.1 Å². The second kappa shape index (κ2) is 7.46. The van der Waals surface area contributed by atoms with Crippen LogP contribution in [0.5, 0.6) is 0 Å². The number of pyridine rings is 1. The van der Waals surface area contributed by atoms with Crippen LogP contribution in [0.2, 0.25) is 0 Å². The molecule has 1 fully saturated rings. The van der Waals surface area contributed by atoms with E-state index >= 15 is 0 Å². The van der Waals surface area contributed by atoms with E-state index in [2.05, 4.69) is 30.8 Å². The molecule has 2 N–H and O–H groups in total. The number of benzene rings is 1. The van der Waals surface area contributed by atoms with Gasteiger partial charge in [0.2, 0.25) is 0 Å². The zero-order valence-corrected chi connectivity index (χ0v) is 16.9. The van der Waals surface area contributed by atoms with Gasteiger partial charge in [-0.2, -0.15) is 0 Å². The molecule has 0 aliphatic carbocycles. The minimum absolute atomic E-state index is 0.232. The SMILES string of the molecule is CCn1c(=O)[nH]c2cc(CN3CCN(c4cnc5[nH]ccc5c4)CC3)ccc2c1=O. The Bertz CT molecular complexity index is 1330. The van der Waals surface area contributed by atoms with E-state index in [0.717, 1.165) is 55.0 Å². The zero-order valence-electron chi connectivity index (χ0n) is 16.9. The van der Waals surface area contributed by atoms with E-state index in [1.54, 1.807) is 6.92 Å². The summed E-state index contributed by atoms with van der Waals surface area (Å²) < 4.78 is 1.22. The number of nitrogens with zero attached hydrogens (tertiary/aromatic N) is 4. The Labute approximate surface area is 172 Å². The molecule has 4 aromatic rings. The van der Waals surface area contributed by atoms with Crippen molar-refractivity contribution in [3.8, 4) is 0 Å². The summed E-state index contributed by atoms with van der Waals surface area (Å²) in [5.41, 5.74) is 3.18. The lowest BCUT2D eigenvalue weighted by atomic mass is 10.1. The van der Waals surface area contributed by atoms with Crippen molar-refractivity contribution < 1.29 is 0 Å². The van der Waals surface area contributed by atoms with Crippen molar-refractivity contribution in [3.63, 3.8) is 0 Å². The summed E-state index contributed by atoms with van der Waals surface area (Å²) in [7, 11) is 0. The van der Waals surface area contributed by atoms with Crippen molar-refractivity contribution in [2.45, 2.75) is 20.0 Å². The van der Waals surface area contributed by atoms with Crippen LogP contribution in [0.15, 0.2) is 52.3 Å². The number of fused-ring (bicyclic) bond motifs is 2. The smallest absolute Gasteiger partial charge is 0.328 e. The van der Waals surface area contributed by atoms with Crippen LogP contribution < -0.4 is 16.1 Å². The average molecular weight is 404 g/mol. The van der Waals surface area contributed by atoms with Crippen LogP contribution in [-0.2, 0) is 13.1 Å². The molecule has 1 aromatic carbocycles. The number of rotatable bonds is 4.